The average molecular weight is 491 g/mol. The molecule has 9 nitrogen and oxygen atoms in total. The van der Waals surface area contributed by atoms with Gasteiger partial charge in [0.05, 0.1) is 22.6 Å². The lowest BCUT2D eigenvalue weighted by molar-refractivity contribution is 0.102. The molecule has 4 aromatic carbocycles. The van der Waals surface area contributed by atoms with Gasteiger partial charge in [-0.15, -0.1) is 10.2 Å². The number of phenols is 1. The maximum absolute atomic E-state index is 13.2. The molecule has 0 radical (unpaired) electrons. The third-order valence-electron chi connectivity index (χ3n) is 5.28. The van der Waals surface area contributed by atoms with Gasteiger partial charge in [0.1, 0.15) is 16.3 Å². The van der Waals surface area contributed by atoms with Gasteiger partial charge in [0, 0.05) is 24.9 Å². The molecule has 35 heavy (non-hydrogen) atoms. The number of benzene rings is 4. The van der Waals surface area contributed by atoms with Crippen molar-refractivity contribution in [2.24, 2.45) is 10.2 Å². The van der Waals surface area contributed by atoms with Crippen LogP contribution in [-0.4, -0.2) is 38.1 Å². The lowest BCUT2D eigenvalue weighted by Gasteiger charge is -2.18. The van der Waals surface area contributed by atoms with Gasteiger partial charge in [-0.3, -0.25) is 9.35 Å². The van der Waals surface area contributed by atoms with E-state index in [1.807, 2.05) is 31.1 Å². The number of rotatable bonds is 6. The van der Waals surface area contributed by atoms with E-state index in [0.717, 1.165) is 5.69 Å². The molecule has 10 heteroatoms. The van der Waals surface area contributed by atoms with Gasteiger partial charge in [-0.2, -0.15) is 8.42 Å². The Hall–Kier alpha value is -4.28. The van der Waals surface area contributed by atoms with E-state index in [2.05, 4.69) is 15.5 Å². The quantitative estimate of drug-likeness (QED) is 0.241. The van der Waals surface area contributed by atoms with Crippen LogP contribution in [0.5, 0.6) is 5.75 Å². The molecular weight excluding hydrogens is 468 g/mol. The highest BCUT2D eigenvalue weighted by atomic mass is 32.2. The van der Waals surface area contributed by atoms with Crippen LogP contribution < -0.4 is 10.2 Å². The molecule has 0 aliphatic rings. The molecule has 0 fully saturated rings. The summed E-state index contributed by atoms with van der Waals surface area (Å²) in [7, 11) is -0.819. The summed E-state index contributed by atoms with van der Waals surface area (Å²) in [4.78, 5) is 14.6. The maximum Gasteiger partial charge on any atom is 0.296 e. The van der Waals surface area contributed by atoms with Gasteiger partial charge in [-0.1, -0.05) is 48.5 Å². The molecular formula is C25H22N4O5S. The highest BCUT2D eigenvalue weighted by molar-refractivity contribution is 7.86. The Kier molecular flexibility index (Phi) is 6.50. The van der Waals surface area contributed by atoms with Crippen molar-refractivity contribution < 1.29 is 22.9 Å². The number of anilines is 2. The van der Waals surface area contributed by atoms with E-state index >= 15 is 0 Å². The standard InChI is InChI=1S/C25H22N4O5S/c1-29(2)22-13-7-5-11-19(22)26-25(31)18-15-21(16-9-3-4-10-17(16)24(18)30)28-27-20-12-6-8-14-23(20)35(32,33)34/h3-15,30H,1-2H3,(H,26,31)(H,32,33,34). The second kappa shape index (κ2) is 9.53. The highest BCUT2D eigenvalue weighted by Gasteiger charge is 2.19. The van der Waals surface area contributed by atoms with Gasteiger partial charge in [-0.05, 0) is 30.3 Å². The first kappa shape index (κ1) is 23.9. The number of nitrogens with one attached hydrogen (secondary N) is 1. The second-order valence-corrected chi connectivity index (χ2v) is 9.24. The highest BCUT2D eigenvalue weighted by Crippen LogP contribution is 2.38. The number of nitrogens with zero attached hydrogens (tertiary/aromatic N) is 3. The number of hydrogen-bond acceptors (Lipinski definition) is 7. The van der Waals surface area contributed by atoms with Crippen LogP contribution in [-0.2, 0) is 10.1 Å². The van der Waals surface area contributed by atoms with Crippen LogP contribution in [0.1, 0.15) is 10.4 Å². The smallest absolute Gasteiger partial charge is 0.296 e. The number of phenolic OH excluding ortho intramolecular Hbond substituents is 1. The summed E-state index contributed by atoms with van der Waals surface area (Å²) in [5, 5.41) is 22.8. The van der Waals surface area contributed by atoms with Crippen LogP contribution in [0.2, 0.25) is 0 Å². The molecule has 4 rings (SSSR count). The number of aromatic hydroxyl groups is 1. The number of amides is 1. The van der Waals surface area contributed by atoms with Crippen molar-refractivity contribution in [1.29, 1.82) is 0 Å². The Balaban J connectivity index is 1.81. The predicted molar refractivity (Wildman–Crippen MR) is 135 cm³/mol. The Bertz CT molecular complexity index is 1570. The van der Waals surface area contributed by atoms with Gasteiger partial charge < -0.3 is 15.3 Å². The molecule has 0 aliphatic carbocycles. The van der Waals surface area contributed by atoms with Crippen molar-refractivity contribution in [3.8, 4) is 5.75 Å². The zero-order valence-corrected chi connectivity index (χ0v) is 19.7. The largest absolute Gasteiger partial charge is 0.506 e. The van der Waals surface area contributed by atoms with E-state index in [9.17, 15) is 22.9 Å². The number of hydrogen-bond donors (Lipinski definition) is 3. The number of carbonyl (C=O) groups excluding carboxylic acids is 1. The molecule has 0 spiro atoms. The Labute approximate surface area is 202 Å². The van der Waals surface area contributed by atoms with Crippen LogP contribution in [0.25, 0.3) is 10.8 Å². The monoisotopic (exact) mass is 490 g/mol. The van der Waals surface area contributed by atoms with Crippen molar-refractivity contribution in [2.45, 2.75) is 4.90 Å². The van der Waals surface area contributed by atoms with Crippen molar-refractivity contribution in [1.82, 2.24) is 0 Å². The fraction of sp³-hybridized carbons (Fsp3) is 0.0800. The van der Waals surface area contributed by atoms with Crippen LogP contribution in [0.4, 0.5) is 22.7 Å². The zero-order valence-electron chi connectivity index (χ0n) is 18.9. The Morgan fingerprint density at radius 3 is 2.17 bits per heavy atom. The summed E-state index contributed by atoms with van der Waals surface area (Å²) in [5.41, 5.74) is 1.46. The molecule has 4 aromatic rings. The molecule has 0 heterocycles. The summed E-state index contributed by atoms with van der Waals surface area (Å²) in [6.07, 6.45) is 0. The molecule has 0 saturated carbocycles. The first-order chi connectivity index (χ1) is 16.7. The van der Waals surface area contributed by atoms with Gasteiger partial charge in [0.15, 0.2) is 0 Å². The molecule has 0 atom stereocenters. The average Bonchev–Trinajstić information content (AvgIpc) is 2.83. The van der Waals surface area contributed by atoms with Crippen LogP contribution >= 0.6 is 0 Å². The lowest BCUT2D eigenvalue weighted by atomic mass is 10.0. The summed E-state index contributed by atoms with van der Waals surface area (Å²) in [5.74, 6) is -0.782. The van der Waals surface area contributed by atoms with Gasteiger partial charge in [-0.25, -0.2) is 0 Å². The summed E-state index contributed by atoms with van der Waals surface area (Å²) >= 11 is 0. The van der Waals surface area contributed by atoms with Crippen molar-refractivity contribution in [3.05, 3.63) is 84.4 Å². The van der Waals surface area contributed by atoms with Crippen LogP contribution in [0.15, 0.2) is 94.0 Å². The molecule has 3 N–H and O–H groups in total. The minimum absolute atomic E-state index is 0.0331. The fourth-order valence-corrected chi connectivity index (χ4v) is 4.25. The molecule has 1 amide bonds. The third-order valence-corrected chi connectivity index (χ3v) is 6.18. The van der Waals surface area contributed by atoms with Crippen LogP contribution in [0, 0.1) is 0 Å². The first-order valence-electron chi connectivity index (χ1n) is 10.5. The topological polar surface area (TPSA) is 132 Å². The summed E-state index contributed by atoms with van der Waals surface area (Å²) < 4.78 is 32.8. The fourth-order valence-electron chi connectivity index (χ4n) is 3.62. The predicted octanol–water partition coefficient (Wildman–Crippen LogP) is 5.53. The van der Waals surface area contributed by atoms with E-state index < -0.39 is 20.9 Å². The summed E-state index contributed by atoms with van der Waals surface area (Å²) in [6, 6.07) is 21.0. The lowest BCUT2D eigenvalue weighted by Crippen LogP contribution is -2.16. The number of fused-ring (bicyclic) bond motifs is 1. The molecule has 0 bridgehead atoms. The van der Waals surface area contributed by atoms with E-state index in [1.165, 1.54) is 24.3 Å². The Morgan fingerprint density at radius 2 is 1.46 bits per heavy atom. The third kappa shape index (κ3) is 4.98. The first-order valence-corrected chi connectivity index (χ1v) is 11.9. The van der Waals surface area contributed by atoms with E-state index in [0.29, 0.717) is 16.5 Å². The maximum atomic E-state index is 13.2. The molecule has 0 saturated heterocycles. The Morgan fingerprint density at radius 1 is 0.857 bits per heavy atom. The SMILES string of the molecule is CN(C)c1ccccc1NC(=O)c1cc(N=Nc2ccccc2S(=O)(=O)O)c2ccccc2c1O. The van der Waals surface area contributed by atoms with Crippen LogP contribution in [0.3, 0.4) is 0 Å². The van der Waals surface area contributed by atoms with E-state index in [4.69, 9.17) is 0 Å². The number of azo groups is 1. The van der Waals surface area contributed by atoms with Crippen molar-refractivity contribution >= 4 is 49.5 Å². The van der Waals surface area contributed by atoms with Crippen molar-refractivity contribution in [3.63, 3.8) is 0 Å². The minimum atomic E-state index is -4.52. The van der Waals surface area contributed by atoms with Crippen molar-refractivity contribution in [2.75, 3.05) is 24.3 Å². The van der Waals surface area contributed by atoms with Gasteiger partial charge >= 0.3 is 0 Å². The second-order valence-electron chi connectivity index (χ2n) is 7.85. The molecule has 0 aromatic heterocycles. The molecule has 178 valence electrons. The zero-order chi connectivity index (χ0) is 25.2. The number of para-hydroxylation sites is 2. The molecule has 0 aliphatic heterocycles. The summed E-state index contributed by atoms with van der Waals surface area (Å²) in [6.45, 7) is 0. The van der Waals surface area contributed by atoms with E-state index in [-0.39, 0.29) is 22.7 Å². The van der Waals surface area contributed by atoms with E-state index in [1.54, 1.807) is 42.5 Å². The number of carbonyl (C=O) groups is 1. The molecule has 0 unspecified atom stereocenters. The minimum Gasteiger partial charge on any atom is -0.506 e. The van der Waals surface area contributed by atoms with Gasteiger partial charge in [0.2, 0.25) is 0 Å². The normalized spacial score (nSPS) is 11.6. The van der Waals surface area contributed by atoms with Gasteiger partial charge in [0.25, 0.3) is 16.0 Å².